The maximum atomic E-state index is 12.2. The van der Waals surface area contributed by atoms with Crippen molar-refractivity contribution in [3.8, 4) is 0 Å². The molecule has 0 atom stereocenters. The lowest BCUT2D eigenvalue weighted by molar-refractivity contribution is -0.122. The molecule has 0 radical (unpaired) electrons. The lowest BCUT2D eigenvalue weighted by atomic mass is 9.66. The zero-order chi connectivity index (χ0) is 23.1. The average Bonchev–Trinajstić information content (AvgIpc) is 3.67. The molecule has 174 valence electrons. The van der Waals surface area contributed by atoms with Crippen LogP contribution in [0.3, 0.4) is 0 Å². The van der Waals surface area contributed by atoms with E-state index < -0.39 is 0 Å². The molecule has 33 heavy (non-hydrogen) atoms. The minimum atomic E-state index is 0.0731. The van der Waals surface area contributed by atoms with Gasteiger partial charge in [-0.1, -0.05) is 67.3 Å². The summed E-state index contributed by atoms with van der Waals surface area (Å²) in [6, 6.07) is 19.6. The third kappa shape index (κ3) is 6.16. The highest BCUT2D eigenvalue weighted by Crippen LogP contribution is 2.42. The van der Waals surface area contributed by atoms with Crippen molar-refractivity contribution in [1.29, 1.82) is 0 Å². The van der Waals surface area contributed by atoms with Crippen molar-refractivity contribution >= 4 is 11.6 Å². The number of hydrogen-bond donors (Lipinski definition) is 2. The Morgan fingerprint density at radius 1 is 0.939 bits per heavy atom. The van der Waals surface area contributed by atoms with E-state index in [1.54, 1.807) is 6.08 Å². The molecular weight excluding hydrogens is 404 g/mol. The van der Waals surface area contributed by atoms with Crippen LogP contribution in [0.5, 0.6) is 0 Å². The fourth-order valence-corrected chi connectivity index (χ4v) is 5.31. The van der Waals surface area contributed by atoms with Crippen LogP contribution in [0.2, 0.25) is 0 Å². The van der Waals surface area contributed by atoms with Gasteiger partial charge in [-0.2, -0.15) is 0 Å². The monoisotopic (exact) mass is 442 g/mol. The summed E-state index contributed by atoms with van der Waals surface area (Å²) < 4.78 is 0. The number of nitrogens with one attached hydrogen (secondary N) is 2. The van der Waals surface area contributed by atoms with Crippen LogP contribution >= 0.6 is 0 Å². The normalized spacial score (nSPS) is 22.4. The van der Waals surface area contributed by atoms with Gasteiger partial charge in [0.05, 0.1) is 0 Å². The Balaban J connectivity index is 1.43. The van der Waals surface area contributed by atoms with Crippen molar-refractivity contribution < 1.29 is 4.79 Å². The molecule has 0 saturated heterocycles. The molecule has 0 aliphatic heterocycles. The average molecular weight is 443 g/mol. The molecule has 2 aromatic rings. The summed E-state index contributed by atoms with van der Waals surface area (Å²) in [7, 11) is 0. The van der Waals surface area contributed by atoms with E-state index >= 15 is 0 Å². The molecule has 0 spiro atoms. The first-order valence-electron chi connectivity index (χ1n) is 12.5. The molecule has 1 amide bonds. The van der Waals surface area contributed by atoms with Crippen LogP contribution in [0, 0.1) is 11.8 Å². The molecule has 2 aliphatic carbocycles. The lowest BCUT2D eigenvalue weighted by Gasteiger charge is -2.41. The summed E-state index contributed by atoms with van der Waals surface area (Å²) in [5.41, 5.74) is 5.18. The first-order valence-corrected chi connectivity index (χ1v) is 12.5. The van der Waals surface area contributed by atoms with E-state index in [1.165, 1.54) is 29.5 Å². The molecule has 3 nitrogen and oxygen atoms in total. The van der Waals surface area contributed by atoms with E-state index in [-0.39, 0.29) is 11.3 Å². The van der Waals surface area contributed by atoms with Gasteiger partial charge in [0.1, 0.15) is 0 Å². The van der Waals surface area contributed by atoms with Crippen LogP contribution < -0.4 is 10.6 Å². The van der Waals surface area contributed by atoms with Crippen molar-refractivity contribution in [2.24, 2.45) is 11.8 Å². The second-order valence-electron chi connectivity index (χ2n) is 10.0. The predicted molar refractivity (Wildman–Crippen MR) is 138 cm³/mol. The second kappa shape index (κ2) is 10.9. The van der Waals surface area contributed by atoms with E-state index in [2.05, 4.69) is 78.4 Å². The standard InChI is InChI=1S/C30H38N2O/c1-3-19-31-29(33)21-25-15-17-30(18-16-25,27-10-5-4-6-11-27)22-32-23(2)28-12-8-7-9-26(28)20-24-13-14-24/h3-12,24-25,32H,1-2,13-22H2,(H,31,33). The number of carbonyl (C=O) groups is 1. The highest BCUT2D eigenvalue weighted by Gasteiger charge is 2.37. The lowest BCUT2D eigenvalue weighted by Crippen LogP contribution is -2.41. The van der Waals surface area contributed by atoms with E-state index in [9.17, 15) is 4.79 Å². The number of amides is 1. The van der Waals surface area contributed by atoms with Gasteiger partial charge < -0.3 is 10.6 Å². The fourth-order valence-electron chi connectivity index (χ4n) is 5.31. The van der Waals surface area contributed by atoms with E-state index in [4.69, 9.17) is 0 Å². The number of rotatable bonds is 11. The number of hydrogen-bond acceptors (Lipinski definition) is 2. The SMILES string of the molecule is C=CCNC(=O)CC1CCC(CNC(=C)c2ccccc2CC2CC2)(c2ccccc2)CC1. The topological polar surface area (TPSA) is 41.1 Å². The first kappa shape index (κ1) is 23.4. The molecule has 0 bridgehead atoms. The van der Waals surface area contributed by atoms with Crippen LogP contribution in [0.25, 0.3) is 5.70 Å². The molecule has 0 aromatic heterocycles. The maximum absolute atomic E-state index is 12.2. The number of carbonyl (C=O) groups excluding carboxylic acids is 1. The molecule has 2 aliphatic rings. The van der Waals surface area contributed by atoms with Gasteiger partial charge >= 0.3 is 0 Å². The second-order valence-corrected chi connectivity index (χ2v) is 10.0. The third-order valence-corrected chi connectivity index (χ3v) is 7.55. The zero-order valence-corrected chi connectivity index (χ0v) is 19.8. The first-order chi connectivity index (χ1) is 16.1. The largest absolute Gasteiger partial charge is 0.384 e. The van der Waals surface area contributed by atoms with Crippen molar-refractivity contribution in [2.45, 2.75) is 56.8 Å². The quantitative estimate of drug-likeness (QED) is 0.418. The zero-order valence-electron chi connectivity index (χ0n) is 19.8. The molecular formula is C30H38N2O. The van der Waals surface area contributed by atoms with Crippen LogP contribution in [0.1, 0.15) is 61.6 Å². The van der Waals surface area contributed by atoms with Gasteiger partial charge in [0.25, 0.3) is 0 Å². The van der Waals surface area contributed by atoms with E-state index in [0.717, 1.165) is 50.3 Å². The maximum Gasteiger partial charge on any atom is 0.220 e. The highest BCUT2D eigenvalue weighted by atomic mass is 16.1. The minimum absolute atomic E-state index is 0.0731. The van der Waals surface area contributed by atoms with Gasteiger partial charge in [-0.3, -0.25) is 4.79 Å². The van der Waals surface area contributed by atoms with Gasteiger partial charge in [-0.15, -0.1) is 6.58 Å². The van der Waals surface area contributed by atoms with Crippen LogP contribution in [0.15, 0.2) is 73.8 Å². The van der Waals surface area contributed by atoms with Crippen LogP contribution in [-0.4, -0.2) is 19.0 Å². The molecule has 0 unspecified atom stereocenters. The van der Waals surface area contributed by atoms with E-state index in [1.807, 2.05) is 0 Å². The Hall–Kier alpha value is -2.81. The van der Waals surface area contributed by atoms with Crippen molar-refractivity contribution in [1.82, 2.24) is 10.6 Å². The Morgan fingerprint density at radius 3 is 2.33 bits per heavy atom. The predicted octanol–water partition coefficient (Wildman–Crippen LogP) is 6.02. The minimum Gasteiger partial charge on any atom is -0.384 e. The summed E-state index contributed by atoms with van der Waals surface area (Å²) in [6.07, 6.45) is 10.5. The molecule has 2 saturated carbocycles. The summed E-state index contributed by atoms with van der Waals surface area (Å²) in [4.78, 5) is 12.2. The van der Waals surface area contributed by atoms with Gasteiger partial charge in [-0.25, -0.2) is 0 Å². The molecule has 2 fully saturated rings. The number of benzene rings is 2. The summed E-state index contributed by atoms with van der Waals surface area (Å²) >= 11 is 0. The summed E-state index contributed by atoms with van der Waals surface area (Å²) in [5.74, 6) is 1.45. The fraction of sp³-hybridized carbons (Fsp3) is 0.433. The van der Waals surface area contributed by atoms with Crippen LogP contribution in [0.4, 0.5) is 0 Å². The molecule has 2 aromatic carbocycles. The summed E-state index contributed by atoms with van der Waals surface area (Å²) in [6.45, 7) is 9.54. The Bertz CT molecular complexity index is 952. The molecule has 0 heterocycles. The molecule has 4 rings (SSSR count). The molecule has 3 heteroatoms. The van der Waals surface area contributed by atoms with Gasteiger partial charge in [0.2, 0.25) is 5.91 Å². The third-order valence-electron chi connectivity index (χ3n) is 7.55. The van der Waals surface area contributed by atoms with E-state index in [0.29, 0.717) is 18.9 Å². The van der Waals surface area contributed by atoms with Crippen molar-refractivity contribution in [3.63, 3.8) is 0 Å². The molecule has 2 N–H and O–H groups in total. The Kier molecular flexibility index (Phi) is 7.69. The van der Waals surface area contributed by atoms with Gasteiger partial charge in [0.15, 0.2) is 0 Å². The smallest absolute Gasteiger partial charge is 0.220 e. The van der Waals surface area contributed by atoms with Crippen molar-refractivity contribution in [2.75, 3.05) is 13.1 Å². The Labute approximate surface area is 199 Å². The Morgan fingerprint density at radius 2 is 1.64 bits per heavy atom. The summed E-state index contributed by atoms with van der Waals surface area (Å²) in [5, 5.41) is 6.67. The van der Waals surface area contributed by atoms with Gasteiger partial charge in [-0.05, 0) is 67.9 Å². The highest BCUT2D eigenvalue weighted by molar-refractivity contribution is 5.76. The van der Waals surface area contributed by atoms with Gasteiger partial charge in [0, 0.05) is 36.2 Å². The van der Waals surface area contributed by atoms with Crippen molar-refractivity contribution in [3.05, 3.63) is 90.5 Å². The van der Waals surface area contributed by atoms with Crippen LogP contribution in [-0.2, 0) is 16.6 Å².